The maximum absolute atomic E-state index is 5.33. The average Bonchev–Trinajstić information content (AvgIpc) is 2.56. The molecule has 1 rings (SSSR count). The van der Waals surface area contributed by atoms with E-state index >= 15 is 0 Å². The Labute approximate surface area is 134 Å². The zero-order valence-electron chi connectivity index (χ0n) is 14.4. The molecule has 0 heterocycles. The standard InChI is InChI=1S/C17H29N3O2/c1-6-13(2)20-17(18-3)19-11-7-8-14-9-10-15(21-4)16(12-14)22-5/h9-10,12-13H,6-8,11H2,1-5H3,(H2,18,19,20). The van der Waals surface area contributed by atoms with Gasteiger partial charge in [-0.25, -0.2) is 0 Å². The van der Waals surface area contributed by atoms with Crippen molar-refractivity contribution in [2.75, 3.05) is 27.8 Å². The molecule has 0 amide bonds. The highest BCUT2D eigenvalue weighted by Gasteiger charge is 2.05. The van der Waals surface area contributed by atoms with E-state index in [-0.39, 0.29) is 0 Å². The molecule has 0 saturated carbocycles. The van der Waals surface area contributed by atoms with Crippen molar-refractivity contribution in [2.24, 2.45) is 4.99 Å². The molecule has 0 aromatic heterocycles. The van der Waals surface area contributed by atoms with Gasteiger partial charge in [-0.3, -0.25) is 4.99 Å². The molecular weight excluding hydrogens is 278 g/mol. The van der Waals surface area contributed by atoms with Crippen molar-refractivity contribution in [1.29, 1.82) is 0 Å². The highest BCUT2D eigenvalue weighted by molar-refractivity contribution is 5.79. The smallest absolute Gasteiger partial charge is 0.191 e. The lowest BCUT2D eigenvalue weighted by Gasteiger charge is -2.16. The minimum absolute atomic E-state index is 0.428. The predicted molar refractivity (Wildman–Crippen MR) is 92.1 cm³/mol. The van der Waals surface area contributed by atoms with Crippen molar-refractivity contribution in [1.82, 2.24) is 10.6 Å². The number of nitrogens with zero attached hydrogens (tertiary/aromatic N) is 1. The van der Waals surface area contributed by atoms with Crippen molar-refractivity contribution in [3.8, 4) is 11.5 Å². The average molecular weight is 307 g/mol. The number of aliphatic imine (C=N–C) groups is 1. The van der Waals surface area contributed by atoms with Crippen LogP contribution in [0.15, 0.2) is 23.2 Å². The summed E-state index contributed by atoms with van der Waals surface area (Å²) in [7, 11) is 5.11. The summed E-state index contributed by atoms with van der Waals surface area (Å²) in [5.41, 5.74) is 1.24. The molecule has 0 spiro atoms. The van der Waals surface area contributed by atoms with Crippen LogP contribution in [0.4, 0.5) is 0 Å². The van der Waals surface area contributed by atoms with Gasteiger partial charge in [0.25, 0.3) is 0 Å². The van der Waals surface area contributed by atoms with Gasteiger partial charge in [-0.1, -0.05) is 13.0 Å². The largest absolute Gasteiger partial charge is 0.493 e. The molecule has 0 radical (unpaired) electrons. The van der Waals surface area contributed by atoms with E-state index in [9.17, 15) is 0 Å². The fourth-order valence-electron chi connectivity index (χ4n) is 2.07. The second-order valence-electron chi connectivity index (χ2n) is 5.25. The molecule has 0 bridgehead atoms. The molecule has 1 aromatic rings. The van der Waals surface area contributed by atoms with Crippen molar-refractivity contribution < 1.29 is 9.47 Å². The highest BCUT2D eigenvalue weighted by atomic mass is 16.5. The maximum atomic E-state index is 5.33. The van der Waals surface area contributed by atoms with Crippen LogP contribution in [0.2, 0.25) is 0 Å². The van der Waals surface area contributed by atoms with E-state index in [1.807, 2.05) is 12.1 Å². The molecule has 0 aliphatic heterocycles. The lowest BCUT2D eigenvalue weighted by molar-refractivity contribution is 0.354. The van der Waals surface area contributed by atoms with Crippen LogP contribution in [0.5, 0.6) is 11.5 Å². The normalized spacial score (nSPS) is 12.7. The van der Waals surface area contributed by atoms with E-state index in [0.717, 1.165) is 43.3 Å². The molecule has 1 unspecified atom stereocenters. The first kappa shape index (κ1) is 18.1. The van der Waals surface area contributed by atoms with E-state index in [1.165, 1.54) is 5.56 Å². The highest BCUT2D eigenvalue weighted by Crippen LogP contribution is 2.27. The number of hydrogen-bond donors (Lipinski definition) is 2. The summed E-state index contributed by atoms with van der Waals surface area (Å²) in [6.07, 6.45) is 3.08. The Hall–Kier alpha value is -1.91. The quantitative estimate of drug-likeness (QED) is 0.440. The van der Waals surface area contributed by atoms with Crippen molar-refractivity contribution in [2.45, 2.75) is 39.2 Å². The Bertz CT molecular complexity index is 475. The Balaban J connectivity index is 2.41. The molecular formula is C17H29N3O2. The molecule has 0 saturated heterocycles. The minimum Gasteiger partial charge on any atom is -0.493 e. The zero-order chi connectivity index (χ0) is 16.4. The van der Waals surface area contributed by atoms with Gasteiger partial charge in [-0.05, 0) is 43.9 Å². The van der Waals surface area contributed by atoms with Gasteiger partial charge < -0.3 is 20.1 Å². The Morgan fingerprint density at radius 1 is 1.23 bits per heavy atom. The summed E-state index contributed by atoms with van der Waals surface area (Å²) in [6, 6.07) is 6.49. The molecule has 1 aromatic carbocycles. The van der Waals surface area contributed by atoms with Crippen LogP contribution in [-0.4, -0.2) is 39.8 Å². The van der Waals surface area contributed by atoms with Crippen LogP contribution in [0.25, 0.3) is 0 Å². The lowest BCUT2D eigenvalue weighted by atomic mass is 10.1. The van der Waals surface area contributed by atoms with E-state index in [1.54, 1.807) is 21.3 Å². The number of aryl methyl sites for hydroxylation is 1. The van der Waals surface area contributed by atoms with Gasteiger partial charge in [-0.2, -0.15) is 0 Å². The Kier molecular flexibility index (Phi) is 8.18. The van der Waals surface area contributed by atoms with Crippen LogP contribution in [0, 0.1) is 0 Å². The van der Waals surface area contributed by atoms with Gasteiger partial charge in [0, 0.05) is 19.6 Å². The number of nitrogens with one attached hydrogen (secondary N) is 2. The predicted octanol–water partition coefficient (Wildman–Crippen LogP) is 2.60. The summed E-state index contributed by atoms with van der Waals surface area (Å²) >= 11 is 0. The number of hydrogen-bond acceptors (Lipinski definition) is 3. The van der Waals surface area contributed by atoms with Crippen molar-refractivity contribution in [3.05, 3.63) is 23.8 Å². The third kappa shape index (κ3) is 5.84. The van der Waals surface area contributed by atoms with Crippen LogP contribution >= 0.6 is 0 Å². The minimum atomic E-state index is 0.428. The van der Waals surface area contributed by atoms with E-state index < -0.39 is 0 Å². The molecule has 22 heavy (non-hydrogen) atoms. The monoisotopic (exact) mass is 307 g/mol. The fourth-order valence-corrected chi connectivity index (χ4v) is 2.07. The Morgan fingerprint density at radius 3 is 2.55 bits per heavy atom. The Morgan fingerprint density at radius 2 is 1.95 bits per heavy atom. The van der Waals surface area contributed by atoms with Gasteiger partial charge in [0.1, 0.15) is 0 Å². The molecule has 0 fully saturated rings. The lowest BCUT2D eigenvalue weighted by Crippen LogP contribution is -2.42. The number of methoxy groups -OCH3 is 2. The topological polar surface area (TPSA) is 54.9 Å². The van der Waals surface area contributed by atoms with E-state index in [0.29, 0.717) is 6.04 Å². The summed E-state index contributed by atoms with van der Waals surface area (Å²) in [4.78, 5) is 4.23. The summed E-state index contributed by atoms with van der Waals surface area (Å²) in [6.45, 7) is 5.18. The number of guanidine groups is 1. The molecule has 0 aliphatic rings. The summed E-state index contributed by atoms with van der Waals surface area (Å²) in [5.74, 6) is 2.41. The first-order valence-corrected chi connectivity index (χ1v) is 7.82. The van der Waals surface area contributed by atoms with E-state index in [2.05, 4.69) is 35.5 Å². The molecule has 5 nitrogen and oxygen atoms in total. The number of rotatable bonds is 8. The van der Waals surface area contributed by atoms with Gasteiger partial charge in [0.2, 0.25) is 0 Å². The van der Waals surface area contributed by atoms with Gasteiger partial charge in [0.15, 0.2) is 17.5 Å². The number of benzene rings is 1. The fraction of sp³-hybridized carbons (Fsp3) is 0.588. The molecule has 0 aliphatic carbocycles. The maximum Gasteiger partial charge on any atom is 0.191 e. The van der Waals surface area contributed by atoms with Gasteiger partial charge in [0.05, 0.1) is 14.2 Å². The van der Waals surface area contributed by atoms with Crippen LogP contribution < -0.4 is 20.1 Å². The third-order valence-electron chi connectivity index (χ3n) is 3.60. The third-order valence-corrected chi connectivity index (χ3v) is 3.60. The molecule has 1 atom stereocenters. The first-order chi connectivity index (χ1) is 10.6. The summed E-state index contributed by atoms with van der Waals surface area (Å²) < 4.78 is 10.6. The van der Waals surface area contributed by atoms with Gasteiger partial charge in [-0.15, -0.1) is 0 Å². The van der Waals surface area contributed by atoms with Crippen molar-refractivity contribution in [3.63, 3.8) is 0 Å². The second-order valence-corrected chi connectivity index (χ2v) is 5.25. The van der Waals surface area contributed by atoms with Crippen molar-refractivity contribution >= 4 is 5.96 Å². The van der Waals surface area contributed by atoms with E-state index in [4.69, 9.17) is 9.47 Å². The first-order valence-electron chi connectivity index (χ1n) is 7.82. The zero-order valence-corrected chi connectivity index (χ0v) is 14.4. The summed E-state index contributed by atoms with van der Waals surface area (Å²) in [5, 5.41) is 6.69. The molecule has 5 heteroatoms. The molecule has 2 N–H and O–H groups in total. The van der Waals surface area contributed by atoms with Crippen LogP contribution in [0.3, 0.4) is 0 Å². The molecule has 124 valence electrons. The van der Waals surface area contributed by atoms with Gasteiger partial charge >= 0.3 is 0 Å². The van der Waals surface area contributed by atoms with Crippen LogP contribution in [0.1, 0.15) is 32.3 Å². The van der Waals surface area contributed by atoms with Crippen LogP contribution in [-0.2, 0) is 6.42 Å². The number of ether oxygens (including phenoxy) is 2. The SMILES string of the molecule is CCC(C)NC(=NC)NCCCc1ccc(OC)c(OC)c1. The second kappa shape index (κ2) is 9.92.